The van der Waals surface area contributed by atoms with Crippen LogP contribution in [0.15, 0.2) is 29.1 Å². The van der Waals surface area contributed by atoms with Crippen LogP contribution < -0.4 is 10.9 Å². The molecule has 1 aromatic carbocycles. The van der Waals surface area contributed by atoms with Gasteiger partial charge in [-0.3, -0.25) is 9.59 Å². The van der Waals surface area contributed by atoms with Gasteiger partial charge in [-0.2, -0.15) is 0 Å². The number of rotatable bonds is 5. The molecular weight excluding hydrogens is 447 g/mol. The highest BCUT2D eigenvalue weighted by atomic mass is 19.3. The second-order valence-corrected chi connectivity index (χ2v) is 8.65. The van der Waals surface area contributed by atoms with Gasteiger partial charge in [0.05, 0.1) is 17.0 Å². The Balaban J connectivity index is 1.75. The third-order valence-corrected chi connectivity index (χ3v) is 6.23. The number of carbonyl (C=O) groups excluding carboxylic acids is 1. The Morgan fingerprint density at radius 1 is 1.24 bits per heavy atom. The molecule has 1 amide bonds. The van der Waals surface area contributed by atoms with Gasteiger partial charge < -0.3 is 15.2 Å². The van der Waals surface area contributed by atoms with Gasteiger partial charge in [-0.15, -0.1) is 0 Å². The smallest absolute Gasteiger partial charge is 0.266 e. The van der Waals surface area contributed by atoms with Crippen molar-refractivity contribution in [1.29, 1.82) is 0 Å². The Labute approximate surface area is 194 Å². The normalized spacial score (nSPS) is 17.3. The van der Waals surface area contributed by atoms with Gasteiger partial charge >= 0.3 is 0 Å². The number of nitrogens with zero attached hydrogens (tertiary/aromatic N) is 3. The summed E-state index contributed by atoms with van der Waals surface area (Å²) in [5.74, 6) is -0.765. The van der Waals surface area contributed by atoms with Gasteiger partial charge in [0.2, 0.25) is 0 Å². The molecule has 2 aromatic heterocycles. The van der Waals surface area contributed by atoms with Crippen LogP contribution in [-0.2, 0) is 0 Å². The van der Waals surface area contributed by atoms with Crippen molar-refractivity contribution in [2.24, 2.45) is 0 Å². The van der Waals surface area contributed by atoms with E-state index in [0.717, 1.165) is 25.3 Å². The zero-order chi connectivity index (χ0) is 24.6. The van der Waals surface area contributed by atoms with Gasteiger partial charge in [0, 0.05) is 18.2 Å². The third kappa shape index (κ3) is 4.49. The summed E-state index contributed by atoms with van der Waals surface area (Å²) in [6, 6.07) is 4.57. The average Bonchev–Trinajstić information content (AvgIpc) is 2.78. The van der Waals surface area contributed by atoms with Gasteiger partial charge in [-0.1, -0.05) is 18.2 Å². The van der Waals surface area contributed by atoms with Crippen LogP contribution in [0.5, 0.6) is 0 Å². The number of aryl methyl sites for hydroxylation is 1. The van der Waals surface area contributed by atoms with E-state index >= 15 is 0 Å². The van der Waals surface area contributed by atoms with Gasteiger partial charge in [0.1, 0.15) is 28.7 Å². The molecule has 0 saturated carbocycles. The first-order valence-corrected chi connectivity index (χ1v) is 11.2. The fourth-order valence-electron chi connectivity index (χ4n) is 4.38. The molecule has 2 N–H and O–H groups in total. The number of H-pyrrole nitrogens is 1. The number of halogens is 3. The number of carbonyl (C=O) groups is 1. The number of hydrogen-bond acceptors (Lipinski definition) is 5. The fourth-order valence-corrected chi connectivity index (χ4v) is 4.38. The molecule has 1 saturated heterocycles. The molecule has 2 atom stereocenters. The van der Waals surface area contributed by atoms with Crippen molar-refractivity contribution in [3.8, 4) is 0 Å². The number of anilines is 1. The van der Waals surface area contributed by atoms with Crippen molar-refractivity contribution in [2.75, 3.05) is 11.9 Å². The van der Waals surface area contributed by atoms with Crippen LogP contribution in [0, 0.1) is 12.7 Å². The monoisotopic (exact) mass is 473 g/mol. The lowest BCUT2D eigenvalue weighted by Gasteiger charge is -2.33. The van der Waals surface area contributed by atoms with Crippen molar-refractivity contribution in [3.63, 3.8) is 0 Å². The number of piperidine rings is 1. The fraction of sp³-hybridized carbons (Fsp3) is 0.417. The molecular formula is C24H26F3N5O2. The minimum Gasteiger partial charge on any atom is -0.363 e. The molecule has 1 aliphatic rings. The van der Waals surface area contributed by atoms with Gasteiger partial charge in [0.15, 0.2) is 0 Å². The maximum Gasteiger partial charge on any atom is 0.266 e. The van der Waals surface area contributed by atoms with E-state index in [1.165, 1.54) is 18.2 Å². The van der Waals surface area contributed by atoms with Crippen molar-refractivity contribution in [3.05, 3.63) is 63.0 Å². The van der Waals surface area contributed by atoms with E-state index in [1.54, 1.807) is 18.7 Å². The molecule has 0 bridgehead atoms. The summed E-state index contributed by atoms with van der Waals surface area (Å²) in [5, 5.41) is 3.41. The van der Waals surface area contributed by atoms with Crippen LogP contribution in [0.3, 0.4) is 0 Å². The summed E-state index contributed by atoms with van der Waals surface area (Å²) in [7, 11) is 0. The van der Waals surface area contributed by atoms with E-state index < -0.39 is 29.4 Å². The standard InChI is InChI=1S/C24H26F3N5O2/c1-12-7-4-5-10-32(12)24(34)18-11-17-21(29-14(3)30-22(17)31-23(18)33)28-13(2)15-8-6-9-16(19(15)25)20(26)27/h6,8-9,11-13,20H,4-5,7,10H2,1-3H3,(H2,28,29,30,31,33)/t12?,13-/m1/s1. The highest BCUT2D eigenvalue weighted by Gasteiger charge is 2.27. The molecule has 0 aliphatic carbocycles. The number of likely N-dealkylation sites (tertiary alicyclic amines) is 1. The number of nitrogens with one attached hydrogen (secondary N) is 2. The Hall–Kier alpha value is -3.43. The number of benzene rings is 1. The number of fused-ring (bicyclic) bond motifs is 1. The quantitative estimate of drug-likeness (QED) is 0.551. The summed E-state index contributed by atoms with van der Waals surface area (Å²) < 4.78 is 41.0. The minimum atomic E-state index is -2.94. The summed E-state index contributed by atoms with van der Waals surface area (Å²) >= 11 is 0. The van der Waals surface area contributed by atoms with Gasteiger partial charge in [-0.05, 0) is 46.1 Å². The van der Waals surface area contributed by atoms with Gasteiger partial charge in [-0.25, -0.2) is 23.1 Å². The van der Waals surface area contributed by atoms with Crippen LogP contribution in [0.4, 0.5) is 19.0 Å². The van der Waals surface area contributed by atoms with Crippen molar-refractivity contribution in [1.82, 2.24) is 19.9 Å². The molecule has 0 spiro atoms. The summed E-state index contributed by atoms with van der Waals surface area (Å²) in [6.07, 6.45) is -0.170. The molecule has 1 aliphatic heterocycles. The Morgan fingerprint density at radius 3 is 2.68 bits per heavy atom. The van der Waals surface area contributed by atoms with Crippen LogP contribution >= 0.6 is 0 Å². The summed E-state index contributed by atoms with van der Waals surface area (Å²) in [6.45, 7) is 5.77. The minimum absolute atomic E-state index is 0.0216. The number of alkyl halides is 2. The van der Waals surface area contributed by atoms with E-state index in [1.807, 2.05) is 6.92 Å². The lowest BCUT2D eigenvalue weighted by atomic mass is 10.0. The summed E-state index contributed by atoms with van der Waals surface area (Å²) in [4.78, 5) is 38.9. The van der Waals surface area contributed by atoms with Crippen LogP contribution in [0.1, 0.15) is 72.9 Å². The molecule has 10 heteroatoms. The topological polar surface area (TPSA) is 91.0 Å². The summed E-state index contributed by atoms with van der Waals surface area (Å²) in [5.41, 5.74) is -0.997. The lowest BCUT2D eigenvalue weighted by molar-refractivity contribution is 0.0634. The van der Waals surface area contributed by atoms with E-state index in [4.69, 9.17) is 0 Å². The first-order valence-electron chi connectivity index (χ1n) is 11.2. The zero-order valence-corrected chi connectivity index (χ0v) is 19.2. The average molecular weight is 473 g/mol. The molecule has 1 fully saturated rings. The molecule has 34 heavy (non-hydrogen) atoms. The maximum atomic E-state index is 14.7. The number of hydrogen-bond donors (Lipinski definition) is 2. The SMILES string of the molecule is Cc1nc(N[C@H](C)c2cccc(C(F)F)c2F)c2cc(C(=O)N3CCCCC3C)c(=O)[nH]c2n1. The molecule has 3 aromatic rings. The maximum absolute atomic E-state index is 14.7. The van der Waals surface area contributed by atoms with Crippen molar-refractivity contribution < 1.29 is 18.0 Å². The molecule has 4 rings (SSSR count). The molecule has 0 radical (unpaired) electrons. The molecule has 1 unspecified atom stereocenters. The van der Waals surface area contributed by atoms with E-state index in [-0.39, 0.29) is 34.5 Å². The number of amides is 1. The highest BCUT2D eigenvalue weighted by Crippen LogP contribution is 2.30. The highest BCUT2D eigenvalue weighted by molar-refractivity contribution is 5.99. The first kappa shape index (κ1) is 23.7. The second kappa shape index (κ2) is 9.44. The van der Waals surface area contributed by atoms with E-state index in [9.17, 15) is 22.8 Å². The van der Waals surface area contributed by atoms with E-state index in [2.05, 4.69) is 20.3 Å². The number of aromatic nitrogens is 3. The predicted octanol–water partition coefficient (Wildman–Crippen LogP) is 4.89. The number of pyridine rings is 1. The van der Waals surface area contributed by atoms with Crippen molar-refractivity contribution >= 4 is 22.8 Å². The van der Waals surface area contributed by atoms with Crippen molar-refractivity contribution in [2.45, 2.75) is 58.5 Å². The largest absolute Gasteiger partial charge is 0.363 e. The second-order valence-electron chi connectivity index (χ2n) is 8.65. The zero-order valence-electron chi connectivity index (χ0n) is 19.2. The predicted molar refractivity (Wildman–Crippen MR) is 123 cm³/mol. The number of aromatic amines is 1. The Morgan fingerprint density at radius 2 is 1.97 bits per heavy atom. The van der Waals surface area contributed by atoms with Crippen LogP contribution in [-0.4, -0.2) is 38.3 Å². The Kier molecular flexibility index (Phi) is 6.58. The lowest BCUT2D eigenvalue weighted by Crippen LogP contribution is -2.43. The van der Waals surface area contributed by atoms with Crippen LogP contribution in [0.25, 0.3) is 11.0 Å². The van der Waals surface area contributed by atoms with Gasteiger partial charge in [0.25, 0.3) is 17.9 Å². The Bertz CT molecular complexity index is 1290. The van der Waals surface area contributed by atoms with Crippen LogP contribution in [0.2, 0.25) is 0 Å². The van der Waals surface area contributed by atoms with E-state index in [0.29, 0.717) is 17.8 Å². The first-order chi connectivity index (χ1) is 16.2. The molecule has 3 heterocycles. The molecule has 180 valence electrons. The molecule has 7 nitrogen and oxygen atoms in total. The third-order valence-electron chi connectivity index (χ3n) is 6.23.